The number of hydrogen-bond donors (Lipinski definition) is 1. The van der Waals surface area contributed by atoms with E-state index in [1.54, 1.807) is 15.8 Å². The van der Waals surface area contributed by atoms with Gasteiger partial charge in [-0.2, -0.15) is 5.10 Å². The Kier molecular flexibility index (Phi) is 3.06. The van der Waals surface area contributed by atoms with Crippen LogP contribution in [0.15, 0.2) is 6.20 Å². The summed E-state index contributed by atoms with van der Waals surface area (Å²) >= 11 is 0. The second kappa shape index (κ2) is 4.28. The van der Waals surface area contributed by atoms with E-state index < -0.39 is 5.60 Å². The van der Waals surface area contributed by atoms with E-state index in [1.807, 2.05) is 27.8 Å². The lowest BCUT2D eigenvalue weighted by atomic mass is 10.0. The van der Waals surface area contributed by atoms with Crippen LogP contribution in [0.2, 0.25) is 0 Å². The molecule has 2 rings (SSSR count). The summed E-state index contributed by atoms with van der Waals surface area (Å²) in [6.07, 6.45) is 1.44. The summed E-state index contributed by atoms with van der Waals surface area (Å²) in [5.41, 5.74) is 7.54. The molecule has 0 saturated heterocycles. The van der Waals surface area contributed by atoms with Crippen molar-refractivity contribution in [2.24, 2.45) is 12.8 Å². The Morgan fingerprint density at radius 2 is 2.22 bits per heavy atom. The number of ether oxygens (including phenoxy) is 1. The van der Waals surface area contributed by atoms with E-state index in [1.165, 1.54) is 0 Å². The van der Waals surface area contributed by atoms with Crippen molar-refractivity contribution in [2.45, 2.75) is 39.0 Å². The van der Waals surface area contributed by atoms with E-state index in [0.29, 0.717) is 13.1 Å². The van der Waals surface area contributed by atoms with Crippen molar-refractivity contribution in [3.05, 3.63) is 17.5 Å². The number of rotatable bonds is 0. The molecule has 6 nitrogen and oxygen atoms in total. The summed E-state index contributed by atoms with van der Waals surface area (Å²) in [4.78, 5) is 13.6. The molecule has 1 unspecified atom stereocenters. The topological polar surface area (TPSA) is 73.4 Å². The van der Waals surface area contributed by atoms with Gasteiger partial charge in [0.2, 0.25) is 0 Å². The molecule has 1 amide bonds. The van der Waals surface area contributed by atoms with Crippen LogP contribution in [0, 0.1) is 0 Å². The monoisotopic (exact) mass is 252 g/mol. The zero-order valence-corrected chi connectivity index (χ0v) is 11.3. The van der Waals surface area contributed by atoms with Crippen LogP contribution < -0.4 is 5.73 Å². The second-order valence-electron chi connectivity index (χ2n) is 5.64. The van der Waals surface area contributed by atoms with E-state index in [0.717, 1.165) is 11.3 Å². The highest BCUT2D eigenvalue weighted by Gasteiger charge is 2.31. The number of carbonyl (C=O) groups excluding carboxylic acids is 1. The van der Waals surface area contributed by atoms with Crippen LogP contribution in [0.1, 0.15) is 38.1 Å². The van der Waals surface area contributed by atoms with E-state index >= 15 is 0 Å². The predicted molar refractivity (Wildman–Crippen MR) is 66.8 cm³/mol. The molecule has 0 aliphatic carbocycles. The zero-order valence-electron chi connectivity index (χ0n) is 11.3. The van der Waals surface area contributed by atoms with Gasteiger partial charge in [0.1, 0.15) is 5.60 Å². The van der Waals surface area contributed by atoms with Gasteiger partial charge in [0, 0.05) is 19.2 Å². The molecule has 1 aliphatic rings. The van der Waals surface area contributed by atoms with Crippen LogP contribution in [0.25, 0.3) is 0 Å². The summed E-state index contributed by atoms with van der Waals surface area (Å²) in [5.74, 6) is 0. The van der Waals surface area contributed by atoms with E-state index in [-0.39, 0.29) is 12.1 Å². The normalized spacial score (nSPS) is 19.6. The molecular formula is C12H20N4O2. The molecule has 18 heavy (non-hydrogen) atoms. The van der Waals surface area contributed by atoms with Gasteiger partial charge in [0.25, 0.3) is 0 Å². The molecule has 2 heterocycles. The molecular weight excluding hydrogens is 232 g/mol. The lowest BCUT2D eigenvalue weighted by molar-refractivity contribution is 0.0201. The third-order valence-electron chi connectivity index (χ3n) is 2.90. The summed E-state index contributed by atoms with van der Waals surface area (Å²) in [6, 6.07) is -0.199. The van der Waals surface area contributed by atoms with Crippen molar-refractivity contribution in [3.63, 3.8) is 0 Å². The molecule has 0 fully saturated rings. The highest BCUT2D eigenvalue weighted by atomic mass is 16.6. The smallest absolute Gasteiger partial charge is 0.410 e. The number of nitrogens with two attached hydrogens (primary N) is 1. The Balaban J connectivity index is 2.15. The molecule has 100 valence electrons. The van der Waals surface area contributed by atoms with Crippen LogP contribution in [-0.2, 0) is 18.3 Å². The quantitative estimate of drug-likeness (QED) is 0.752. The molecule has 1 aromatic rings. The molecule has 0 bridgehead atoms. The van der Waals surface area contributed by atoms with Crippen molar-refractivity contribution in [3.8, 4) is 0 Å². The van der Waals surface area contributed by atoms with Gasteiger partial charge in [-0.05, 0) is 20.8 Å². The van der Waals surface area contributed by atoms with Gasteiger partial charge in [0.05, 0.1) is 24.5 Å². The molecule has 0 radical (unpaired) electrons. The number of carbonyl (C=O) groups is 1. The van der Waals surface area contributed by atoms with Crippen molar-refractivity contribution in [1.82, 2.24) is 14.7 Å². The van der Waals surface area contributed by atoms with Gasteiger partial charge in [0.15, 0.2) is 0 Å². The maximum absolute atomic E-state index is 12.0. The maximum atomic E-state index is 12.0. The fraction of sp³-hybridized carbons (Fsp3) is 0.667. The van der Waals surface area contributed by atoms with E-state index in [9.17, 15) is 4.79 Å². The van der Waals surface area contributed by atoms with E-state index in [2.05, 4.69) is 5.10 Å². The first-order valence-corrected chi connectivity index (χ1v) is 6.02. The number of nitrogens with zero attached hydrogens (tertiary/aromatic N) is 3. The van der Waals surface area contributed by atoms with Crippen molar-refractivity contribution < 1.29 is 9.53 Å². The van der Waals surface area contributed by atoms with Gasteiger partial charge in [-0.25, -0.2) is 4.79 Å². The Morgan fingerprint density at radius 1 is 1.56 bits per heavy atom. The minimum absolute atomic E-state index is 0.199. The Morgan fingerprint density at radius 3 is 2.83 bits per heavy atom. The SMILES string of the molecule is Cn1ncc2c1CN(C(=O)OC(C)(C)C)CC2N. The van der Waals surface area contributed by atoms with Crippen LogP contribution >= 0.6 is 0 Å². The van der Waals surface area contributed by atoms with Crippen LogP contribution in [-0.4, -0.2) is 32.9 Å². The van der Waals surface area contributed by atoms with Gasteiger partial charge < -0.3 is 15.4 Å². The van der Waals surface area contributed by atoms with Crippen molar-refractivity contribution >= 4 is 6.09 Å². The Bertz CT molecular complexity index is 461. The highest BCUT2D eigenvalue weighted by molar-refractivity contribution is 5.68. The average molecular weight is 252 g/mol. The minimum atomic E-state index is -0.492. The van der Waals surface area contributed by atoms with Crippen LogP contribution in [0.3, 0.4) is 0 Å². The average Bonchev–Trinajstić information content (AvgIpc) is 2.58. The number of hydrogen-bond acceptors (Lipinski definition) is 4. The summed E-state index contributed by atoms with van der Waals surface area (Å²) in [7, 11) is 1.85. The number of amides is 1. The van der Waals surface area contributed by atoms with Crippen molar-refractivity contribution in [2.75, 3.05) is 6.54 Å². The minimum Gasteiger partial charge on any atom is -0.444 e. The second-order valence-corrected chi connectivity index (χ2v) is 5.64. The predicted octanol–water partition coefficient (Wildman–Crippen LogP) is 1.17. The van der Waals surface area contributed by atoms with Crippen LogP contribution in [0.4, 0.5) is 4.79 Å². The summed E-state index contributed by atoms with van der Waals surface area (Å²) in [5, 5.41) is 4.17. The zero-order chi connectivity index (χ0) is 13.5. The molecule has 2 N–H and O–H groups in total. The van der Waals surface area contributed by atoms with Gasteiger partial charge in [-0.15, -0.1) is 0 Å². The molecule has 0 aromatic carbocycles. The number of aromatic nitrogens is 2. The third kappa shape index (κ3) is 2.48. The van der Waals surface area contributed by atoms with E-state index in [4.69, 9.17) is 10.5 Å². The fourth-order valence-electron chi connectivity index (χ4n) is 2.03. The highest BCUT2D eigenvalue weighted by Crippen LogP contribution is 2.25. The first kappa shape index (κ1) is 12.9. The van der Waals surface area contributed by atoms with Crippen molar-refractivity contribution in [1.29, 1.82) is 0 Å². The molecule has 6 heteroatoms. The van der Waals surface area contributed by atoms with Crippen LogP contribution in [0.5, 0.6) is 0 Å². The van der Waals surface area contributed by atoms with Gasteiger partial charge >= 0.3 is 6.09 Å². The number of fused-ring (bicyclic) bond motifs is 1. The standard InChI is InChI=1S/C12H20N4O2/c1-12(2,3)18-11(17)16-6-9(13)8-5-14-15(4)10(8)7-16/h5,9H,6-7,13H2,1-4H3. The first-order chi connectivity index (χ1) is 8.28. The first-order valence-electron chi connectivity index (χ1n) is 6.02. The third-order valence-corrected chi connectivity index (χ3v) is 2.90. The largest absolute Gasteiger partial charge is 0.444 e. The van der Waals surface area contributed by atoms with Gasteiger partial charge in [-0.3, -0.25) is 4.68 Å². The molecule has 1 aromatic heterocycles. The summed E-state index contributed by atoms with van der Waals surface area (Å²) < 4.78 is 7.11. The molecule has 1 atom stereocenters. The Hall–Kier alpha value is -1.56. The summed E-state index contributed by atoms with van der Waals surface area (Å²) in [6.45, 7) is 6.51. The van der Waals surface area contributed by atoms with Gasteiger partial charge in [-0.1, -0.05) is 0 Å². The fourth-order valence-corrected chi connectivity index (χ4v) is 2.03. The molecule has 0 spiro atoms. The molecule has 1 aliphatic heterocycles. The number of aryl methyl sites for hydroxylation is 1. The molecule has 0 saturated carbocycles. The lowest BCUT2D eigenvalue weighted by Crippen LogP contribution is -2.43. The maximum Gasteiger partial charge on any atom is 0.410 e. The Labute approximate surface area is 107 Å². The lowest BCUT2D eigenvalue weighted by Gasteiger charge is -2.32.